The molecule has 0 N–H and O–H groups in total. The lowest BCUT2D eigenvalue weighted by molar-refractivity contribution is 0.630. The highest BCUT2D eigenvalue weighted by Crippen LogP contribution is 2.37. The molecule has 9 aromatic rings. The van der Waals surface area contributed by atoms with Gasteiger partial charge in [-0.3, -0.25) is 0 Å². The molecule has 0 bridgehead atoms. The van der Waals surface area contributed by atoms with Crippen molar-refractivity contribution in [3.05, 3.63) is 157 Å². The summed E-state index contributed by atoms with van der Waals surface area (Å²) >= 11 is 0. The van der Waals surface area contributed by atoms with Gasteiger partial charge >= 0.3 is 0 Å². The highest BCUT2D eigenvalue weighted by atomic mass is 19.1. The zero-order chi connectivity index (χ0) is 33.4. The Morgan fingerprint density at radius 3 is 1.40 bits per heavy atom. The maximum atomic E-state index is 15.9. The first-order chi connectivity index (χ1) is 24.7. The van der Waals surface area contributed by atoms with E-state index < -0.39 is 5.82 Å². The summed E-state index contributed by atoms with van der Waals surface area (Å²) in [5.74, 6) is 1.92. The summed E-state index contributed by atoms with van der Waals surface area (Å²) in [4.78, 5) is 29.1. The van der Waals surface area contributed by atoms with Crippen LogP contribution < -0.4 is 0 Å². The van der Waals surface area contributed by atoms with E-state index in [4.69, 9.17) is 34.3 Å². The van der Waals surface area contributed by atoms with Crippen LogP contribution in [0.25, 0.3) is 90.3 Å². The lowest BCUT2D eigenvalue weighted by Crippen LogP contribution is -2.03. The van der Waals surface area contributed by atoms with Crippen LogP contribution in [0.15, 0.2) is 156 Å². The molecule has 0 aliphatic heterocycles. The molecule has 9 rings (SSSR count). The van der Waals surface area contributed by atoms with Crippen molar-refractivity contribution in [2.24, 2.45) is 0 Å². The lowest BCUT2D eigenvalue weighted by atomic mass is 10.0. The van der Waals surface area contributed by atoms with E-state index in [1.165, 1.54) is 6.07 Å². The zero-order valence-electron chi connectivity index (χ0n) is 26.4. The molecule has 3 aromatic heterocycles. The second-order valence-corrected chi connectivity index (χ2v) is 11.7. The van der Waals surface area contributed by atoms with Gasteiger partial charge in [0, 0.05) is 38.6 Å². The van der Waals surface area contributed by atoms with Gasteiger partial charge in [0.2, 0.25) is 0 Å². The van der Waals surface area contributed by atoms with Crippen molar-refractivity contribution in [2.45, 2.75) is 0 Å². The summed E-state index contributed by atoms with van der Waals surface area (Å²) in [6, 6.07) is 47.4. The minimum Gasteiger partial charge on any atom is -0.456 e. The molecule has 50 heavy (non-hydrogen) atoms. The van der Waals surface area contributed by atoms with Crippen LogP contribution in [-0.2, 0) is 0 Å². The van der Waals surface area contributed by atoms with Gasteiger partial charge in [-0.2, -0.15) is 0 Å². The van der Waals surface area contributed by atoms with Crippen molar-refractivity contribution < 1.29 is 8.81 Å². The number of benzene rings is 6. The van der Waals surface area contributed by atoms with E-state index >= 15 is 4.39 Å². The molecule has 0 saturated carbocycles. The van der Waals surface area contributed by atoms with Gasteiger partial charge in [-0.15, -0.1) is 0 Å². The number of fused-ring (bicyclic) bond motifs is 3. The third-order valence-corrected chi connectivity index (χ3v) is 8.48. The molecular formula is C42H25FN6O. The van der Waals surface area contributed by atoms with Crippen LogP contribution in [0.4, 0.5) is 4.39 Å². The van der Waals surface area contributed by atoms with Crippen molar-refractivity contribution in [1.82, 2.24) is 29.9 Å². The molecule has 7 nitrogen and oxygen atoms in total. The number of halogens is 1. The number of hydrogen-bond acceptors (Lipinski definition) is 7. The Morgan fingerprint density at radius 1 is 0.360 bits per heavy atom. The second kappa shape index (κ2) is 12.3. The number of furan rings is 1. The van der Waals surface area contributed by atoms with Gasteiger partial charge in [0.05, 0.1) is 5.56 Å². The first-order valence-electron chi connectivity index (χ1n) is 16.1. The first kappa shape index (κ1) is 29.2. The molecule has 0 radical (unpaired) electrons. The predicted molar refractivity (Wildman–Crippen MR) is 193 cm³/mol. The van der Waals surface area contributed by atoms with Crippen LogP contribution >= 0.6 is 0 Å². The third-order valence-electron chi connectivity index (χ3n) is 8.48. The Kier molecular flexibility index (Phi) is 7.17. The summed E-state index contributed by atoms with van der Waals surface area (Å²) in [5.41, 5.74) is 5.49. The fourth-order valence-corrected chi connectivity index (χ4v) is 6.07. The van der Waals surface area contributed by atoms with E-state index in [1.807, 2.05) is 133 Å². The quantitative estimate of drug-likeness (QED) is 0.177. The fraction of sp³-hybridized carbons (Fsp3) is 0. The average Bonchev–Trinajstić information content (AvgIpc) is 3.58. The molecule has 236 valence electrons. The summed E-state index contributed by atoms with van der Waals surface area (Å²) in [6.07, 6.45) is 0. The van der Waals surface area contributed by atoms with Gasteiger partial charge < -0.3 is 4.42 Å². The molecule has 6 aromatic carbocycles. The van der Waals surface area contributed by atoms with E-state index in [0.717, 1.165) is 44.2 Å². The normalized spacial score (nSPS) is 11.3. The van der Waals surface area contributed by atoms with Gasteiger partial charge in [-0.1, -0.05) is 121 Å². The molecule has 0 spiro atoms. The number of rotatable bonds is 6. The van der Waals surface area contributed by atoms with Crippen molar-refractivity contribution >= 4 is 21.9 Å². The molecule has 0 aliphatic rings. The Labute approximate surface area is 285 Å². The van der Waals surface area contributed by atoms with Crippen molar-refractivity contribution in [3.8, 4) is 68.3 Å². The highest BCUT2D eigenvalue weighted by Gasteiger charge is 2.20. The molecule has 8 heteroatoms. The molecular weight excluding hydrogens is 624 g/mol. The standard InChI is InChI=1S/C42H25FN6O/c43-33-24-23-29(25-32(33)42-47-37(26-13-4-1-5-14-26)44-38(48-42)27-15-6-2-7-16-27)40-45-39(28-17-8-3-9-18-28)46-41(49-40)31-20-12-22-35-36(31)30-19-10-11-21-34(30)50-35/h1-25H. The second-order valence-electron chi connectivity index (χ2n) is 11.7. The topological polar surface area (TPSA) is 90.5 Å². The summed E-state index contributed by atoms with van der Waals surface area (Å²) < 4.78 is 22.0. The first-order valence-corrected chi connectivity index (χ1v) is 16.1. The predicted octanol–water partition coefficient (Wildman–Crippen LogP) is 10.1. The molecule has 0 unspecified atom stereocenters. The SMILES string of the molecule is Fc1ccc(-c2nc(-c3ccccc3)nc(-c3cccc4oc5ccccc5c34)n2)cc1-c1nc(-c2ccccc2)nc(-c2ccccc2)n1. The molecule has 3 heterocycles. The van der Waals surface area contributed by atoms with Crippen molar-refractivity contribution in [3.63, 3.8) is 0 Å². The number of nitrogens with zero attached hydrogens (tertiary/aromatic N) is 6. The van der Waals surface area contributed by atoms with Crippen molar-refractivity contribution in [1.29, 1.82) is 0 Å². The van der Waals surface area contributed by atoms with E-state index in [9.17, 15) is 0 Å². The summed E-state index contributed by atoms with van der Waals surface area (Å²) in [6.45, 7) is 0. The maximum absolute atomic E-state index is 15.9. The highest BCUT2D eigenvalue weighted by molar-refractivity contribution is 6.11. The molecule has 0 atom stereocenters. The number of para-hydroxylation sites is 1. The van der Waals surface area contributed by atoms with Gasteiger partial charge in [0.1, 0.15) is 17.0 Å². The maximum Gasteiger partial charge on any atom is 0.167 e. The Bertz CT molecular complexity index is 2610. The fourth-order valence-electron chi connectivity index (χ4n) is 6.07. The lowest BCUT2D eigenvalue weighted by Gasteiger charge is -2.11. The van der Waals surface area contributed by atoms with Crippen LogP contribution in [0.5, 0.6) is 0 Å². The van der Waals surface area contributed by atoms with Gasteiger partial charge in [0.25, 0.3) is 0 Å². The molecule has 0 aliphatic carbocycles. The van der Waals surface area contributed by atoms with Crippen molar-refractivity contribution in [2.75, 3.05) is 0 Å². The minimum atomic E-state index is -0.481. The van der Waals surface area contributed by atoms with E-state index in [1.54, 1.807) is 12.1 Å². The van der Waals surface area contributed by atoms with Gasteiger partial charge in [-0.05, 0) is 30.3 Å². The largest absolute Gasteiger partial charge is 0.456 e. The summed E-state index contributed by atoms with van der Waals surface area (Å²) in [5, 5.41) is 1.87. The molecule has 0 saturated heterocycles. The Balaban J connectivity index is 1.24. The number of aromatic nitrogens is 6. The van der Waals surface area contributed by atoms with Crippen LogP contribution in [-0.4, -0.2) is 29.9 Å². The minimum absolute atomic E-state index is 0.198. The van der Waals surface area contributed by atoms with Crippen LogP contribution in [0.2, 0.25) is 0 Å². The Morgan fingerprint density at radius 2 is 0.820 bits per heavy atom. The van der Waals surface area contributed by atoms with Crippen LogP contribution in [0, 0.1) is 5.82 Å². The molecule has 0 amide bonds. The third kappa shape index (κ3) is 5.35. The number of hydrogen-bond donors (Lipinski definition) is 0. The van der Waals surface area contributed by atoms with Gasteiger partial charge in [-0.25, -0.2) is 34.3 Å². The van der Waals surface area contributed by atoms with Gasteiger partial charge in [0.15, 0.2) is 34.9 Å². The van der Waals surface area contributed by atoms with E-state index in [2.05, 4.69) is 0 Å². The summed E-state index contributed by atoms with van der Waals surface area (Å²) in [7, 11) is 0. The van der Waals surface area contributed by atoms with Crippen LogP contribution in [0.3, 0.4) is 0 Å². The van der Waals surface area contributed by atoms with E-state index in [-0.39, 0.29) is 11.4 Å². The zero-order valence-corrected chi connectivity index (χ0v) is 26.4. The molecule has 0 fully saturated rings. The average molecular weight is 649 g/mol. The Hall–Kier alpha value is -6.93. The van der Waals surface area contributed by atoms with Crippen LogP contribution in [0.1, 0.15) is 0 Å². The van der Waals surface area contributed by atoms with E-state index in [0.29, 0.717) is 34.7 Å². The monoisotopic (exact) mass is 648 g/mol. The smallest absolute Gasteiger partial charge is 0.167 e.